The van der Waals surface area contributed by atoms with Gasteiger partial charge in [-0.3, -0.25) is 0 Å². The zero-order valence-corrected chi connectivity index (χ0v) is 11.6. The highest BCUT2D eigenvalue weighted by molar-refractivity contribution is 5.51. The number of benzene rings is 1. The van der Waals surface area contributed by atoms with E-state index >= 15 is 0 Å². The molecule has 96 valence electrons. The summed E-state index contributed by atoms with van der Waals surface area (Å²) in [4.78, 5) is 2.48. The van der Waals surface area contributed by atoms with Crippen LogP contribution in [-0.4, -0.2) is 12.1 Å². The van der Waals surface area contributed by atoms with E-state index in [0.717, 1.165) is 13.0 Å². The average molecular weight is 242 g/mol. The molecule has 1 atom stereocenters. The highest BCUT2D eigenvalue weighted by Crippen LogP contribution is 2.35. The van der Waals surface area contributed by atoms with Crippen molar-refractivity contribution in [3.8, 4) is 6.07 Å². The maximum atomic E-state index is 8.88. The van der Waals surface area contributed by atoms with Crippen LogP contribution in [0, 0.1) is 24.2 Å². The van der Waals surface area contributed by atoms with Crippen molar-refractivity contribution in [3.63, 3.8) is 0 Å². The lowest BCUT2D eigenvalue weighted by atomic mass is 9.83. The van der Waals surface area contributed by atoms with E-state index in [-0.39, 0.29) is 5.54 Å². The van der Waals surface area contributed by atoms with E-state index in [1.807, 2.05) is 0 Å². The van der Waals surface area contributed by atoms with Gasteiger partial charge in [-0.05, 0) is 57.2 Å². The molecule has 1 fully saturated rings. The summed E-state index contributed by atoms with van der Waals surface area (Å²) in [6, 6.07) is 11.0. The molecular formula is C16H22N2. The monoisotopic (exact) mass is 242 g/mol. The molecule has 1 aromatic rings. The maximum absolute atomic E-state index is 8.88. The first kappa shape index (κ1) is 13.0. The van der Waals surface area contributed by atoms with Gasteiger partial charge < -0.3 is 4.90 Å². The third-order valence-corrected chi connectivity index (χ3v) is 4.03. The average Bonchev–Trinajstić information content (AvgIpc) is 2.31. The molecule has 0 bridgehead atoms. The minimum absolute atomic E-state index is 0.194. The molecule has 0 saturated carbocycles. The Morgan fingerprint density at radius 2 is 2.22 bits per heavy atom. The summed E-state index contributed by atoms with van der Waals surface area (Å²) in [6.07, 6.45) is 3.01. The molecule has 1 unspecified atom stereocenters. The van der Waals surface area contributed by atoms with Crippen LogP contribution < -0.4 is 4.90 Å². The molecule has 0 aromatic heterocycles. The van der Waals surface area contributed by atoms with Gasteiger partial charge in [0.25, 0.3) is 0 Å². The number of piperidine rings is 1. The third kappa shape index (κ3) is 2.67. The van der Waals surface area contributed by atoms with Gasteiger partial charge in [0, 0.05) is 24.2 Å². The van der Waals surface area contributed by atoms with Crippen molar-refractivity contribution in [2.45, 2.75) is 45.6 Å². The van der Waals surface area contributed by atoms with E-state index in [9.17, 15) is 0 Å². The normalized spacial score (nSPS) is 22.6. The number of nitriles is 1. The summed E-state index contributed by atoms with van der Waals surface area (Å²) in [7, 11) is 0. The van der Waals surface area contributed by atoms with E-state index in [0.29, 0.717) is 12.3 Å². The zero-order chi connectivity index (χ0) is 13.2. The predicted molar refractivity (Wildman–Crippen MR) is 75.6 cm³/mol. The second-order valence-electron chi connectivity index (χ2n) is 6.03. The maximum Gasteiger partial charge on any atom is 0.0625 e. The molecule has 1 aliphatic heterocycles. The Bertz CT molecular complexity index is 456. The predicted octanol–water partition coefficient (Wildman–Crippen LogP) is 3.90. The quantitative estimate of drug-likeness (QED) is 0.786. The second-order valence-corrected chi connectivity index (χ2v) is 6.03. The summed E-state index contributed by atoms with van der Waals surface area (Å²) >= 11 is 0. The number of anilines is 1. The number of nitrogens with zero attached hydrogens (tertiary/aromatic N) is 2. The highest BCUT2D eigenvalue weighted by atomic mass is 15.2. The van der Waals surface area contributed by atoms with E-state index < -0.39 is 0 Å². The molecule has 0 N–H and O–H groups in total. The first-order valence-corrected chi connectivity index (χ1v) is 6.74. The summed E-state index contributed by atoms with van der Waals surface area (Å²) in [5.41, 5.74) is 2.79. The Kier molecular flexibility index (Phi) is 3.61. The van der Waals surface area contributed by atoms with Crippen molar-refractivity contribution in [2.75, 3.05) is 11.4 Å². The van der Waals surface area contributed by atoms with Gasteiger partial charge in [0.2, 0.25) is 0 Å². The molecule has 0 amide bonds. The van der Waals surface area contributed by atoms with Gasteiger partial charge in [-0.25, -0.2) is 0 Å². The fourth-order valence-corrected chi connectivity index (χ4v) is 2.84. The van der Waals surface area contributed by atoms with Crippen LogP contribution in [0.2, 0.25) is 0 Å². The number of rotatable bonds is 2. The molecule has 2 heteroatoms. The van der Waals surface area contributed by atoms with Crippen LogP contribution >= 0.6 is 0 Å². The molecule has 2 nitrogen and oxygen atoms in total. The number of hydrogen-bond acceptors (Lipinski definition) is 2. The SMILES string of the molecule is Cc1cccc(N2CC(CC#N)CCC2(C)C)c1. The van der Waals surface area contributed by atoms with Crippen LogP contribution in [0.5, 0.6) is 0 Å². The zero-order valence-electron chi connectivity index (χ0n) is 11.6. The smallest absolute Gasteiger partial charge is 0.0625 e. The third-order valence-electron chi connectivity index (χ3n) is 4.03. The summed E-state index contributed by atoms with van der Waals surface area (Å²) in [6.45, 7) is 7.74. The van der Waals surface area contributed by atoms with E-state index in [1.165, 1.54) is 17.7 Å². The van der Waals surface area contributed by atoms with E-state index in [2.05, 4.69) is 56.0 Å². The fraction of sp³-hybridized carbons (Fsp3) is 0.562. The van der Waals surface area contributed by atoms with Crippen LogP contribution in [-0.2, 0) is 0 Å². The summed E-state index contributed by atoms with van der Waals surface area (Å²) in [5.74, 6) is 0.517. The molecule has 1 aliphatic rings. The molecule has 18 heavy (non-hydrogen) atoms. The molecule has 1 heterocycles. The molecule has 2 rings (SSSR count). The van der Waals surface area contributed by atoms with Crippen LogP contribution in [0.15, 0.2) is 24.3 Å². The van der Waals surface area contributed by atoms with Crippen LogP contribution in [0.3, 0.4) is 0 Å². The Morgan fingerprint density at radius 3 is 2.89 bits per heavy atom. The number of hydrogen-bond donors (Lipinski definition) is 0. The Morgan fingerprint density at radius 1 is 1.44 bits per heavy atom. The second kappa shape index (κ2) is 5.02. The lowest BCUT2D eigenvalue weighted by molar-refractivity contribution is 0.293. The van der Waals surface area contributed by atoms with Crippen LogP contribution in [0.4, 0.5) is 5.69 Å². The molecule has 1 saturated heterocycles. The van der Waals surface area contributed by atoms with Gasteiger partial charge >= 0.3 is 0 Å². The molecule has 0 aliphatic carbocycles. The van der Waals surface area contributed by atoms with E-state index in [1.54, 1.807) is 0 Å². The van der Waals surface area contributed by atoms with E-state index in [4.69, 9.17) is 5.26 Å². The van der Waals surface area contributed by atoms with Crippen molar-refractivity contribution >= 4 is 5.69 Å². The molecule has 0 spiro atoms. The van der Waals surface area contributed by atoms with Crippen molar-refractivity contribution < 1.29 is 0 Å². The van der Waals surface area contributed by atoms with Crippen LogP contribution in [0.1, 0.15) is 38.7 Å². The van der Waals surface area contributed by atoms with Crippen molar-refractivity contribution in [1.82, 2.24) is 0 Å². The van der Waals surface area contributed by atoms with Crippen LogP contribution in [0.25, 0.3) is 0 Å². The van der Waals surface area contributed by atoms with Gasteiger partial charge in [0.15, 0.2) is 0 Å². The van der Waals surface area contributed by atoms with Gasteiger partial charge in [0.1, 0.15) is 0 Å². The lowest BCUT2D eigenvalue weighted by Crippen LogP contribution is -2.50. The Labute approximate surface area is 110 Å². The largest absolute Gasteiger partial charge is 0.366 e. The van der Waals surface area contributed by atoms with Gasteiger partial charge in [0.05, 0.1) is 6.07 Å². The van der Waals surface area contributed by atoms with Crippen molar-refractivity contribution in [2.24, 2.45) is 5.92 Å². The standard InChI is InChI=1S/C16H22N2/c1-13-5-4-6-15(11-13)18-12-14(8-10-17)7-9-16(18,2)3/h4-6,11,14H,7-9,12H2,1-3H3. The molecular weight excluding hydrogens is 220 g/mol. The number of aryl methyl sites for hydroxylation is 1. The van der Waals surface area contributed by atoms with Gasteiger partial charge in [-0.2, -0.15) is 5.26 Å². The van der Waals surface area contributed by atoms with Crippen molar-refractivity contribution in [3.05, 3.63) is 29.8 Å². The van der Waals surface area contributed by atoms with Gasteiger partial charge in [-0.1, -0.05) is 12.1 Å². The summed E-state index contributed by atoms with van der Waals surface area (Å²) in [5, 5.41) is 8.88. The first-order valence-electron chi connectivity index (χ1n) is 6.74. The fourth-order valence-electron chi connectivity index (χ4n) is 2.84. The molecule has 0 radical (unpaired) electrons. The van der Waals surface area contributed by atoms with Crippen molar-refractivity contribution in [1.29, 1.82) is 5.26 Å². The minimum Gasteiger partial charge on any atom is -0.366 e. The van der Waals surface area contributed by atoms with Gasteiger partial charge in [-0.15, -0.1) is 0 Å². The summed E-state index contributed by atoms with van der Waals surface area (Å²) < 4.78 is 0. The first-order chi connectivity index (χ1) is 8.53. The Hall–Kier alpha value is -1.49. The topological polar surface area (TPSA) is 27.0 Å². The highest BCUT2D eigenvalue weighted by Gasteiger charge is 2.34. The Balaban J connectivity index is 2.24. The minimum atomic E-state index is 0.194. The molecule has 1 aromatic carbocycles. The lowest BCUT2D eigenvalue weighted by Gasteiger charge is -2.47.